The molecule has 1 aliphatic heterocycles. The lowest BCUT2D eigenvalue weighted by Gasteiger charge is -2.12. The van der Waals surface area contributed by atoms with Gasteiger partial charge in [-0.2, -0.15) is 0 Å². The summed E-state index contributed by atoms with van der Waals surface area (Å²) in [5.41, 5.74) is 4.09. The lowest BCUT2D eigenvalue weighted by Crippen LogP contribution is -2.22. The number of H-pyrrole nitrogens is 1. The van der Waals surface area contributed by atoms with E-state index < -0.39 is 0 Å². The van der Waals surface area contributed by atoms with Crippen molar-refractivity contribution >= 4 is 39.2 Å². The molecule has 15 heavy (non-hydrogen) atoms. The van der Waals surface area contributed by atoms with E-state index in [9.17, 15) is 0 Å². The first-order chi connectivity index (χ1) is 6.84. The minimum absolute atomic E-state index is 0. The van der Waals surface area contributed by atoms with Crippen molar-refractivity contribution in [1.82, 2.24) is 10.3 Å². The fourth-order valence-electron chi connectivity index (χ4n) is 2.12. The van der Waals surface area contributed by atoms with E-state index in [1.807, 2.05) is 0 Å². The van der Waals surface area contributed by atoms with Crippen LogP contribution in [0.2, 0.25) is 0 Å². The van der Waals surface area contributed by atoms with Crippen LogP contribution in [-0.4, -0.2) is 11.5 Å². The topological polar surface area (TPSA) is 27.8 Å². The SMILES string of the molecule is Brc1ccc2[nH]c3c(c2c1)CNCC3.Cl. The molecule has 2 N–H and O–H groups in total. The molecular weight excluding hydrogens is 275 g/mol. The maximum absolute atomic E-state index is 3.51. The highest BCUT2D eigenvalue weighted by Crippen LogP contribution is 2.27. The van der Waals surface area contributed by atoms with Gasteiger partial charge in [-0.1, -0.05) is 15.9 Å². The van der Waals surface area contributed by atoms with Gasteiger partial charge in [-0.15, -0.1) is 12.4 Å². The molecule has 4 heteroatoms. The summed E-state index contributed by atoms with van der Waals surface area (Å²) in [6.07, 6.45) is 1.11. The molecule has 2 nitrogen and oxygen atoms in total. The smallest absolute Gasteiger partial charge is 0.0460 e. The van der Waals surface area contributed by atoms with Gasteiger partial charge in [0.05, 0.1) is 0 Å². The van der Waals surface area contributed by atoms with Crippen LogP contribution < -0.4 is 5.32 Å². The molecule has 1 aliphatic rings. The highest BCUT2D eigenvalue weighted by Gasteiger charge is 2.14. The van der Waals surface area contributed by atoms with Gasteiger partial charge in [0.25, 0.3) is 0 Å². The minimum atomic E-state index is 0. The van der Waals surface area contributed by atoms with Crippen LogP contribution in [0.4, 0.5) is 0 Å². The summed E-state index contributed by atoms with van der Waals surface area (Å²) >= 11 is 3.51. The van der Waals surface area contributed by atoms with Crippen molar-refractivity contribution in [2.45, 2.75) is 13.0 Å². The molecule has 0 fully saturated rings. The number of rotatable bonds is 0. The molecule has 0 radical (unpaired) electrons. The molecule has 0 saturated heterocycles. The van der Waals surface area contributed by atoms with Crippen molar-refractivity contribution in [1.29, 1.82) is 0 Å². The third-order valence-corrected chi connectivity index (χ3v) is 3.30. The number of fused-ring (bicyclic) bond motifs is 3. The van der Waals surface area contributed by atoms with Crippen molar-refractivity contribution in [3.63, 3.8) is 0 Å². The van der Waals surface area contributed by atoms with E-state index in [-0.39, 0.29) is 12.4 Å². The van der Waals surface area contributed by atoms with Crippen LogP contribution in [0.25, 0.3) is 10.9 Å². The number of hydrogen-bond acceptors (Lipinski definition) is 1. The zero-order valence-corrected chi connectivity index (χ0v) is 10.5. The van der Waals surface area contributed by atoms with Crippen LogP contribution in [0.3, 0.4) is 0 Å². The molecule has 2 heterocycles. The zero-order valence-electron chi connectivity index (χ0n) is 8.14. The van der Waals surface area contributed by atoms with Crippen LogP contribution >= 0.6 is 28.3 Å². The Bertz CT molecular complexity index is 493. The fourth-order valence-corrected chi connectivity index (χ4v) is 2.48. The molecule has 2 aromatic rings. The van der Waals surface area contributed by atoms with E-state index in [1.165, 1.54) is 22.2 Å². The van der Waals surface area contributed by atoms with Gasteiger partial charge in [0.15, 0.2) is 0 Å². The first-order valence-electron chi connectivity index (χ1n) is 4.84. The second-order valence-corrected chi connectivity index (χ2v) is 4.61. The Balaban J connectivity index is 0.000000853. The maximum Gasteiger partial charge on any atom is 0.0460 e. The number of aromatic amines is 1. The molecule has 0 aliphatic carbocycles. The highest BCUT2D eigenvalue weighted by atomic mass is 79.9. The molecule has 0 spiro atoms. The second-order valence-electron chi connectivity index (χ2n) is 3.70. The normalized spacial score (nSPS) is 14.7. The number of nitrogens with one attached hydrogen (secondary N) is 2. The van der Waals surface area contributed by atoms with Crippen molar-refractivity contribution in [3.8, 4) is 0 Å². The monoisotopic (exact) mass is 286 g/mol. The molecule has 0 amide bonds. The van der Waals surface area contributed by atoms with E-state index in [2.05, 4.69) is 44.4 Å². The highest BCUT2D eigenvalue weighted by molar-refractivity contribution is 9.10. The first kappa shape index (κ1) is 11.0. The summed E-state index contributed by atoms with van der Waals surface area (Å²) in [5, 5.41) is 4.75. The Morgan fingerprint density at radius 2 is 2.13 bits per heavy atom. The van der Waals surface area contributed by atoms with Crippen LogP contribution in [-0.2, 0) is 13.0 Å². The molecule has 0 bridgehead atoms. The van der Waals surface area contributed by atoms with E-state index in [4.69, 9.17) is 0 Å². The van der Waals surface area contributed by atoms with Crippen molar-refractivity contribution < 1.29 is 0 Å². The van der Waals surface area contributed by atoms with Crippen LogP contribution in [0.1, 0.15) is 11.3 Å². The molecular formula is C11H12BrClN2. The maximum atomic E-state index is 3.51. The summed E-state index contributed by atoms with van der Waals surface area (Å²) in [6, 6.07) is 6.41. The molecule has 1 aromatic carbocycles. The van der Waals surface area contributed by atoms with Gasteiger partial charge in [-0.25, -0.2) is 0 Å². The van der Waals surface area contributed by atoms with E-state index >= 15 is 0 Å². The molecule has 0 atom stereocenters. The van der Waals surface area contributed by atoms with Crippen molar-refractivity contribution in [2.24, 2.45) is 0 Å². The summed E-state index contributed by atoms with van der Waals surface area (Å²) in [4.78, 5) is 3.48. The van der Waals surface area contributed by atoms with Gasteiger partial charge in [-0.3, -0.25) is 0 Å². The summed E-state index contributed by atoms with van der Waals surface area (Å²) < 4.78 is 1.15. The van der Waals surface area contributed by atoms with Gasteiger partial charge in [0.1, 0.15) is 0 Å². The Labute approximate surface area is 103 Å². The van der Waals surface area contributed by atoms with Gasteiger partial charge in [0, 0.05) is 40.6 Å². The molecule has 0 unspecified atom stereocenters. The Morgan fingerprint density at radius 3 is 3.00 bits per heavy atom. The second kappa shape index (κ2) is 4.16. The predicted octanol–water partition coefficient (Wildman–Crippen LogP) is 3.00. The summed E-state index contributed by atoms with van der Waals surface area (Å²) in [6.45, 7) is 2.08. The zero-order chi connectivity index (χ0) is 9.54. The molecule has 3 rings (SSSR count). The number of aromatic nitrogens is 1. The standard InChI is InChI=1S/C11H11BrN2.ClH/c12-7-1-2-10-8(5-7)9-6-13-4-3-11(9)14-10;/h1-2,5,13-14H,3-4,6H2;1H. The predicted molar refractivity (Wildman–Crippen MR) is 68.7 cm³/mol. The summed E-state index contributed by atoms with van der Waals surface area (Å²) in [7, 11) is 0. The van der Waals surface area contributed by atoms with Gasteiger partial charge >= 0.3 is 0 Å². The number of hydrogen-bond donors (Lipinski definition) is 2. The molecule has 1 aromatic heterocycles. The van der Waals surface area contributed by atoms with Crippen LogP contribution in [0, 0.1) is 0 Å². The largest absolute Gasteiger partial charge is 0.358 e. The van der Waals surface area contributed by atoms with Gasteiger partial charge in [-0.05, 0) is 23.8 Å². The minimum Gasteiger partial charge on any atom is -0.358 e. The van der Waals surface area contributed by atoms with Crippen molar-refractivity contribution in [2.75, 3.05) is 6.54 Å². The Hall–Kier alpha value is -0.510. The number of benzene rings is 1. The first-order valence-corrected chi connectivity index (χ1v) is 5.63. The van der Waals surface area contributed by atoms with Gasteiger partial charge < -0.3 is 10.3 Å². The van der Waals surface area contributed by atoms with Gasteiger partial charge in [0.2, 0.25) is 0 Å². The fraction of sp³-hybridized carbons (Fsp3) is 0.273. The lowest BCUT2D eigenvalue weighted by atomic mass is 10.1. The van der Waals surface area contributed by atoms with Crippen molar-refractivity contribution in [3.05, 3.63) is 33.9 Å². The van der Waals surface area contributed by atoms with Crippen LogP contribution in [0.15, 0.2) is 22.7 Å². The average Bonchev–Trinajstić information content (AvgIpc) is 2.56. The third kappa shape index (κ3) is 1.80. The number of halogens is 2. The van der Waals surface area contributed by atoms with Crippen LogP contribution in [0.5, 0.6) is 0 Å². The van der Waals surface area contributed by atoms with E-state index in [0.717, 1.165) is 24.0 Å². The lowest BCUT2D eigenvalue weighted by molar-refractivity contribution is 0.641. The average molecular weight is 288 g/mol. The summed E-state index contributed by atoms with van der Waals surface area (Å²) in [5.74, 6) is 0. The third-order valence-electron chi connectivity index (χ3n) is 2.81. The Morgan fingerprint density at radius 1 is 1.27 bits per heavy atom. The van der Waals surface area contributed by atoms with E-state index in [1.54, 1.807) is 0 Å². The Kier molecular flexibility index (Phi) is 3.05. The quantitative estimate of drug-likeness (QED) is 0.766. The van der Waals surface area contributed by atoms with E-state index in [0.29, 0.717) is 0 Å². The molecule has 80 valence electrons. The molecule has 0 saturated carbocycles.